The monoisotopic (exact) mass is 469 g/mol. The summed E-state index contributed by atoms with van der Waals surface area (Å²) in [6.07, 6.45) is 0.370. The second kappa shape index (κ2) is 8.67. The first-order valence-corrected chi connectivity index (χ1v) is 11.1. The molecule has 2 aromatic rings. The van der Waals surface area contributed by atoms with Crippen LogP contribution in [-0.4, -0.2) is 35.9 Å². The Morgan fingerprint density at radius 2 is 2.12 bits per heavy atom. The maximum atomic E-state index is 14.8. The molecular weight excluding hydrogens is 447 g/mol. The lowest BCUT2D eigenvalue weighted by atomic mass is 9.83. The number of rotatable bonds is 7. The Kier molecular flexibility index (Phi) is 5.68. The van der Waals surface area contributed by atoms with E-state index in [0.29, 0.717) is 23.7 Å². The number of hydrogen-bond donors (Lipinski definition) is 1. The molecule has 0 radical (unpaired) electrons. The van der Waals surface area contributed by atoms with Crippen molar-refractivity contribution >= 4 is 11.8 Å². The number of amidine groups is 1. The molecular formula is C25H22F3N3O3. The van der Waals surface area contributed by atoms with E-state index in [1.54, 1.807) is 6.07 Å². The Labute approximate surface area is 194 Å². The average molecular weight is 469 g/mol. The number of hydrogen-bond acceptors (Lipinski definition) is 6. The summed E-state index contributed by atoms with van der Waals surface area (Å²) in [5, 5.41) is 0. The number of ketones is 1. The maximum Gasteiger partial charge on any atom is 0.283 e. The number of pyridine rings is 1. The number of Topliss-reactive ketones (excluding diaryl/α,β-unsaturated/α-hetero) is 1. The summed E-state index contributed by atoms with van der Waals surface area (Å²) in [4.78, 5) is 20.7. The molecule has 0 bridgehead atoms. The van der Waals surface area contributed by atoms with E-state index in [4.69, 9.17) is 15.2 Å². The van der Waals surface area contributed by atoms with Gasteiger partial charge in [-0.05, 0) is 49.1 Å². The topological polar surface area (TPSA) is 86.8 Å². The molecule has 3 aliphatic rings. The van der Waals surface area contributed by atoms with Crippen LogP contribution in [-0.2, 0) is 16.7 Å². The van der Waals surface area contributed by atoms with Crippen molar-refractivity contribution in [2.24, 2.45) is 22.6 Å². The third kappa shape index (κ3) is 4.32. The van der Waals surface area contributed by atoms with Gasteiger partial charge in [0.25, 0.3) is 12.4 Å². The third-order valence-electron chi connectivity index (χ3n) is 6.24. The summed E-state index contributed by atoms with van der Waals surface area (Å²) in [7, 11) is 0. The molecule has 0 spiro atoms. The minimum atomic E-state index is -2.99. The fraction of sp³-hybridized carbons (Fsp3) is 0.400. The molecule has 6 nitrogen and oxygen atoms in total. The smallest absolute Gasteiger partial charge is 0.283 e. The number of halogens is 3. The van der Waals surface area contributed by atoms with Crippen LogP contribution in [0, 0.1) is 29.5 Å². The number of fused-ring (bicyclic) bond motifs is 1. The standard InChI is InChI=1S/C25H22F3N3O3/c26-19-7-5-15(10-17(19)25(23(27)28)18-12-22(18)34-24(29)31-25)11-21(32)20-8-6-16(13-30-20)33-9-1-2-14-3-4-14/h5-8,10,13-14,18,22-23H,3-4,9,11-12H2,(H2,29,31)/t18-,22+,25+/m0/s1. The summed E-state index contributed by atoms with van der Waals surface area (Å²) < 4.78 is 54.0. The minimum absolute atomic E-state index is 0.142. The number of ether oxygens (including phenoxy) is 2. The van der Waals surface area contributed by atoms with Gasteiger partial charge < -0.3 is 15.2 Å². The zero-order chi connectivity index (χ0) is 23.9. The van der Waals surface area contributed by atoms with Gasteiger partial charge in [0.1, 0.15) is 30.0 Å². The van der Waals surface area contributed by atoms with E-state index in [1.807, 2.05) is 0 Å². The summed E-state index contributed by atoms with van der Waals surface area (Å²) in [5.41, 5.74) is 3.75. The van der Waals surface area contributed by atoms with Crippen LogP contribution >= 0.6 is 0 Å². The number of nitrogens with zero attached hydrogens (tertiary/aromatic N) is 2. The van der Waals surface area contributed by atoms with Crippen LogP contribution in [0.5, 0.6) is 5.75 Å². The Balaban J connectivity index is 1.31. The fourth-order valence-electron chi connectivity index (χ4n) is 4.23. The van der Waals surface area contributed by atoms with Gasteiger partial charge in [-0.15, -0.1) is 0 Å². The van der Waals surface area contributed by atoms with Gasteiger partial charge in [0, 0.05) is 23.8 Å². The van der Waals surface area contributed by atoms with Gasteiger partial charge in [-0.2, -0.15) is 0 Å². The van der Waals surface area contributed by atoms with Crippen molar-refractivity contribution in [3.63, 3.8) is 0 Å². The quantitative estimate of drug-likeness (QED) is 0.494. The first-order valence-electron chi connectivity index (χ1n) is 11.1. The third-order valence-corrected chi connectivity index (χ3v) is 6.24. The highest BCUT2D eigenvalue weighted by atomic mass is 19.3. The second-order valence-corrected chi connectivity index (χ2v) is 8.75. The maximum absolute atomic E-state index is 14.8. The van der Waals surface area contributed by atoms with Crippen LogP contribution in [0.25, 0.3) is 0 Å². The zero-order valence-corrected chi connectivity index (χ0v) is 18.1. The average Bonchev–Trinajstić information content (AvgIpc) is 3.73. The van der Waals surface area contributed by atoms with Crippen molar-refractivity contribution in [3.8, 4) is 17.6 Å². The molecule has 0 unspecified atom stereocenters. The van der Waals surface area contributed by atoms with Crippen LogP contribution < -0.4 is 10.5 Å². The van der Waals surface area contributed by atoms with E-state index in [0.717, 1.165) is 18.9 Å². The minimum Gasteiger partial charge on any atom is -0.479 e. The van der Waals surface area contributed by atoms with Gasteiger partial charge in [-0.1, -0.05) is 17.9 Å². The summed E-state index contributed by atoms with van der Waals surface area (Å²) in [6, 6.07) is 6.50. The highest BCUT2D eigenvalue weighted by molar-refractivity contribution is 5.95. The normalized spacial score (nSPS) is 24.9. The van der Waals surface area contributed by atoms with Crippen LogP contribution in [0.1, 0.15) is 40.9 Å². The molecule has 5 rings (SSSR count). The second-order valence-electron chi connectivity index (χ2n) is 8.75. The Hall–Kier alpha value is -3.54. The van der Waals surface area contributed by atoms with Crippen molar-refractivity contribution in [2.45, 2.75) is 43.8 Å². The number of carbonyl (C=O) groups excluding carboxylic acids is 1. The largest absolute Gasteiger partial charge is 0.479 e. The molecule has 3 atom stereocenters. The van der Waals surface area contributed by atoms with E-state index in [-0.39, 0.29) is 36.1 Å². The number of carbonyl (C=O) groups is 1. The molecule has 34 heavy (non-hydrogen) atoms. The number of aliphatic imine (C=N–C) groups is 1. The Bertz CT molecular complexity index is 1200. The first kappa shape index (κ1) is 22.3. The Morgan fingerprint density at radius 1 is 1.29 bits per heavy atom. The molecule has 2 saturated carbocycles. The molecule has 2 aliphatic carbocycles. The van der Waals surface area contributed by atoms with Crippen molar-refractivity contribution in [1.29, 1.82) is 0 Å². The lowest BCUT2D eigenvalue weighted by Gasteiger charge is -2.33. The lowest BCUT2D eigenvalue weighted by Crippen LogP contribution is -2.43. The number of aromatic nitrogens is 1. The van der Waals surface area contributed by atoms with Crippen LogP contribution in [0.4, 0.5) is 13.2 Å². The molecule has 0 saturated heterocycles. The molecule has 9 heteroatoms. The highest BCUT2D eigenvalue weighted by Gasteiger charge is 2.64. The molecule has 2 heterocycles. The number of alkyl halides is 2. The number of benzene rings is 1. The summed E-state index contributed by atoms with van der Waals surface area (Å²) in [5.74, 6) is 5.16. The SMILES string of the molecule is NC1=N[C@@](c2cc(CC(=O)c3ccc(OCC#CC4CC4)cn3)ccc2F)(C(F)F)[C@H]2C[C@H]2O1. The number of nitrogens with two attached hydrogens (primary N) is 1. The van der Waals surface area contributed by atoms with Crippen LogP contribution in [0.2, 0.25) is 0 Å². The van der Waals surface area contributed by atoms with Gasteiger partial charge in [-0.25, -0.2) is 23.1 Å². The van der Waals surface area contributed by atoms with E-state index in [9.17, 15) is 18.0 Å². The van der Waals surface area contributed by atoms with Gasteiger partial charge in [0.05, 0.1) is 6.20 Å². The van der Waals surface area contributed by atoms with Crippen LogP contribution in [0.3, 0.4) is 0 Å². The van der Waals surface area contributed by atoms with Gasteiger partial charge in [0.2, 0.25) is 0 Å². The van der Waals surface area contributed by atoms with Crippen LogP contribution in [0.15, 0.2) is 41.5 Å². The van der Waals surface area contributed by atoms with Crippen molar-refractivity contribution < 1.29 is 27.4 Å². The van der Waals surface area contributed by atoms with E-state index in [2.05, 4.69) is 21.8 Å². The fourth-order valence-corrected chi connectivity index (χ4v) is 4.23. The van der Waals surface area contributed by atoms with Gasteiger partial charge >= 0.3 is 0 Å². The predicted octanol–water partition coefficient (Wildman–Crippen LogP) is 3.63. The van der Waals surface area contributed by atoms with Crippen molar-refractivity contribution in [1.82, 2.24) is 4.98 Å². The Morgan fingerprint density at radius 3 is 2.82 bits per heavy atom. The van der Waals surface area contributed by atoms with Gasteiger partial charge in [0.15, 0.2) is 11.3 Å². The highest BCUT2D eigenvalue weighted by Crippen LogP contribution is 2.56. The summed E-state index contributed by atoms with van der Waals surface area (Å²) >= 11 is 0. The molecule has 1 aromatic heterocycles. The molecule has 176 valence electrons. The molecule has 2 fully saturated rings. The van der Waals surface area contributed by atoms with Gasteiger partial charge in [-0.3, -0.25) is 4.79 Å². The molecule has 0 amide bonds. The van der Waals surface area contributed by atoms with Crippen molar-refractivity contribution in [2.75, 3.05) is 6.61 Å². The van der Waals surface area contributed by atoms with Crippen molar-refractivity contribution in [3.05, 3.63) is 59.2 Å². The molecule has 1 aliphatic heterocycles. The molecule has 1 aromatic carbocycles. The molecule has 2 N–H and O–H groups in total. The van der Waals surface area contributed by atoms with E-state index in [1.165, 1.54) is 24.4 Å². The lowest BCUT2D eigenvalue weighted by molar-refractivity contribution is 0.0176. The summed E-state index contributed by atoms with van der Waals surface area (Å²) in [6.45, 7) is 0.246. The zero-order valence-electron chi connectivity index (χ0n) is 18.1. The van der Waals surface area contributed by atoms with E-state index >= 15 is 0 Å². The first-order chi connectivity index (χ1) is 16.4. The predicted molar refractivity (Wildman–Crippen MR) is 117 cm³/mol. The van der Waals surface area contributed by atoms with E-state index < -0.39 is 29.8 Å².